The molecule has 182 valence electrons. The van der Waals surface area contributed by atoms with Crippen LogP contribution in [0, 0.1) is 5.82 Å². The first-order valence-corrected chi connectivity index (χ1v) is 11.9. The summed E-state index contributed by atoms with van der Waals surface area (Å²) in [6.45, 7) is 0. The lowest BCUT2D eigenvalue weighted by molar-refractivity contribution is -0.121. The fraction of sp³-hybridized carbons (Fsp3) is 0.0333. The lowest BCUT2D eigenvalue weighted by Crippen LogP contribution is -2.57. The molecule has 0 unspecified atom stereocenters. The van der Waals surface area contributed by atoms with Crippen molar-refractivity contribution in [2.24, 2.45) is 0 Å². The van der Waals surface area contributed by atoms with Gasteiger partial charge in [0.25, 0.3) is 11.8 Å². The Morgan fingerprint density at radius 3 is 1.84 bits per heavy atom. The highest BCUT2D eigenvalue weighted by molar-refractivity contribution is 6.46. The van der Waals surface area contributed by atoms with E-state index < -0.39 is 17.8 Å². The van der Waals surface area contributed by atoms with Gasteiger partial charge in [0, 0.05) is 5.02 Å². The third-order valence-corrected chi connectivity index (χ3v) is 6.30. The van der Waals surface area contributed by atoms with Crippen LogP contribution >= 0.6 is 11.6 Å². The van der Waals surface area contributed by atoms with E-state index in [4.69, 9.17) is 11.6 Å². The first kappa shape index (κ1) is 24.2. The van der Waals surface area contributed by atoms with Crippen molar-refractivity contribution >= 4 is 46.9 Å². The Morgan fingerprint density at radius 2 is 1.30 bits per heavy atom. The predicted molar refractivity (Wildman–Crippen MR) is 142 cm³/mol. The second-order valence-electron chi connectivity index (χ2n) is 8.45. The molecule has 1 aliphatic rings. The normalized spacial score (nSPS) is 13.8. The van der Waals surface area contributed by atoms with Crippen molar-refractivity contribution in [3.05, 3.63) is 136 Å². The Morgan fingerprint density at radius 1 is 0.703 bits per heavy atom. The van der Waals surface area contributed by atoms with Crippen molar-refractivity contribution < 1.29 is 18.8 Å². The van der Waals surface area contributed by atoms with Gasteiger partial charge in [-0.1, -0.05) is 72.3 Å². The standard InChI is InChI=1S/C30H20ClFN2O3/c31-27-19-21(14-15-22(27)16-20-8-7-9-23(32)17-20)18-26-28(35)33(24-10-3-1-4-11-24)30(37)34(29(26)36)25-12-5-2-6-13-25/h1-15,17-19H,16H2. The van der Waals surface area contributed by atoms with Gasteiger partial charge in [0.1, 0.15) is 11.4 Å². The van der Waals surface area contributed by atoms with E-state index in [1.807, 2.05) is 6.07 Å². The zero-order valence-electron chi connectivity index (χ0n) is 19.5. The summed E-state index contributed by atoms with van der Waals surface area (Å²) in [5, 5.41) is 0.408. The molecule has 0 saturated carbocycles. The van der Waals surface area contributed by atoms with Crippen LogP contribution in [0.3, 0.4) is 0 Å². The number of amides is 4. The molecule has 37 heavy (non-hydrogen) atoms. The van der Waals surface area contributed by atoms with E-state index in [9.17, 15) is 18.8 Å². The van der Waals surface area contributed by atoms with Gasteiger partial charge in [-0.15, -0.1) is 0 Å². The van der Waals surface area contributed by atoms with Gasteiger partial charge in [0.05, 0.1) is 11.4 Å². The summed E-state index contributed by atoms with van der Waals surface area (Å²) in [6, 6.07) is 27.5. The fourth-order valence-corrected chi connectivity index (χ4v) is 4.43. The van der Waals surface area contributed by atoms with Crippen molar-refractivity contribution in [3.63, 3.8) is 0 Å². The van der Waals surface area contributed by atoms with E-state index in [1.165, 1.54) is 18.2 Å². The summed E-state index contributed by atoms with van der Waals surface area (Å²) in [6.07, 6.45) is 1.85. The zero-order chi connectivity index (χ0) is 25.9. The van der Waals surface area contributed by atoms with Crippen LogP contribution in [-0.2, 0) is 16.0 Å². The quantitative estimate of drug-likeness (QED) is 0.223. The van der Waals surface area contributed by atoms with Gasteiger partial charge in [-0.2, -0.15) is 0 Å². The summed E-state index contributed by atoms with van der Waals surface area (Å²) in [4.78, 5) is 42.3. The van der Waals surface area contributed by atoms with Crippen molar-refractivity contribution in [1.29, 1.82) is 0 Å². The van der Waals surface area contributed by atoms with Crippen molar-refractivity contribution in [3.8, 4) is 0 Å². The number of hydrogen-bond donors (Lipinski definition) is 0. The number of barbiturate groups is 1. The monoisotopic (exact) mass is 510 g/mol. The maximum atomic E-state index is 13.6. The molecule has 0 aromatic heterocycles. The molecule has 5 rings (SSSR count). The van der Waals surface area contributed by atoms with Gasteiger partial charge in [0.2, 0.25) is 0 Å². The summed E-state index contributed by atoms with van der Waals surface area (Å²) in [5.74, 6) is -1.79. The molecule has 5 nitrogen and oxygen atoms in total. The van der Waals surface area contributed by atoms with E-state index >= 15 is 0 Å². The topological polar surface area (TPSA) is 57.7 Å². The van der Waals surface area contributed by atoms with E-state index in [0.29, 0.717) is 28.4 Å². The van der Waals surface area contributed by atoms with Gasteiger partial charge in [0.15, 0.2) is 0 Å². The Kier molecular flexibility index (Phi) is 6.66. The molecule has 0 atom stereocenters. The minimum absolute atomic E-state index is 0.179. The number of nitrogens with zero attached hydrogens (tertiary/aromatic N) is 2. The second kappa shape index (κ2) is 10.2. The third-order valence-electron chi connectivity index (χ3n) is 5.95. The molecule has 4 amide bonds. The number of carbonyl (C=O) groups is 3. The maximum absolute atomic E-state index is 13.6. The number of rotatable bonds is 5. The van der Waals surface area contributed by atoms with Crippen molar-refractivity contribution in [1.82, 2.24) is 0 Å². The van der Waals surface area contributed by atoms with Crippen LogP contribution in [0.2, 0.25) is 5.02 Å². The van der Waals surface area contributed by atoms with Crippen molar-refractivity contribution in [2.45, 2.75) is 6.42 Å². The molecule has 4 aromatic carbocycles. The van der Waals surface area contributed by atoms with Crippen LogP contribution < -0.4 is 9.80 Å². The molecule has 4 aromatic rings. The predicted octanol–water partition coefficient (Wildman–Crippen LogP) is 6.65. The number of hydrogen-bond acceptors (Lipinski definition) is 3. The van der Waals surface area contributed by atoms with Gasteiger partial charge in [-0.25, -0.2) is 19.0 Å². The summed E-state index contributed by atoms with van der Waals surface area (Å²) in [5.41, 5.74) is 2.56. The van der Waals surface area contributed by atoms with Gasteiger partial charge in [-0.05, 0) is 71.7 Å². The van der Waals surface area contributed by atoms with Crippen LogP contribution in [-0.4, -0.2) is 17.8 Å². The molecular formula is C30H20ClFN2O3. The Bertz CT molecular complexity index is 1470. The Labute approximate surface area is 218 Å². The van der Waals surface area contributed by atoms with E-state index in [-0.39, 0.29) is 11.4 Å². The zero-order valence-corrected chi connectivity index (χ0v) is 20.2. The summed E-state index contributed by atoms with van der Waals surface area (Å²) in [7, 11) is 0. The molecule has 1 aliphatic heterocycles. The summed E-state index contributed by atoms with van der Waals surface area (Å²) < 4.78 is 13.6. The third kappa shape index (κ3) is 4.92. The first-order chi connectivity index (χ1) is 17.9. The molecule has 0 aliphatic carbocycles. The molecule has 0 bridgehead atoms. The van der Waals surface area contributed by atoms with E-state index in [2.05, 4.69) is 0 Å². The van der Waals surface area contributed by atoms with E-state index in [0.717, 1.165) is 20.9 Å². The lowest BCUT2D eigenvalue weighted by Gasteiger charge is -2.33. The minimum atomic E-state index is -0.756. The highest BCUT2D eigenvalue weighted by atomic mass is 35.5. The van der Waals surface area contributed by atoms with Gasteiger partial charge in [-0.3, -0.25) is 9.59 Å². The molecule has 0 spiro atoms. The number of imide groups is 2. The Balaban J connectivity index is 1.54. The summed E-state index contributed by atoms with van der Waals surface area (Å²) >= 11 is 6.51. The second-order valence-corrected chi connectivity index (χ2v) is 8.86. The fourth-order valence-electron chi connectivity index (χ4n) is 4.17. The van der Waals surface area contributed by atoms with Crippen LogP contribution in [0.5, 0.6) is 0 Å². The SMILES string of the molecule is O=C1C(=Cc2ccc(Cc3cccc(F)c3)c(Cl)c2)C(=O)N(c2ccccc2)C(=O)N1c1ccccc1. The molecule has 1 fully saturated rings. The van der Waals surface area contributed by atoms with Crippen molar-refractivity contribution in [2.75, 3.05) is 9.80 Å². The average molecular weight is 511 g/mol. The number of benzene rings is 4. The number of anilines is 2. The molecular weight excluding hydrogens is 491 g/mol. The van der Waals surface area contributed by atoms with Crippen LogP contribution in [0.25, 0.3) is 6.08 Å². The van der Waals surface area contributed by atoms with Gasteiger partial charge >= 0.3 is 6.03 Å². The van der Waals surface area contributed by atoms with Crippen LogP contribution in [0.15, 0.2) is 109 Å². The molecule has 7 heteroatoms. The molecule has 0 radical (unpaired) electrons. The molecule has 1 saturated heterocycles. The number of halogens is 2. The smallest absolute Gasteiger partial charge is 0.268 e. The van der Waals surface area contributed by atoms with Crippen LogP contribution in [0.4, 0.5) is 20.6 Å². The molecule has 0 N–H and O–H groups in total. The lowest BCUT2D eigenvalue weighted by atomic mass is 10.0. The number of carbonyl (C=O) groups excluding carboxylic acids is 3. The highest BCUT2D eigenvalue weighted by Gasteiger charge is 2.43. The Hall–Kier alpha value is -4.55. The van der Waals surface area contributed by atoms with Crippen LogP contribution in [0.1, 0.15) is 16.7 Å². The average Bonchev–Trinajstić information content (AvgIpc) is 2.89. The minimum Gasteiger partial charge on any atom is -0.268 e. The number of para-hydroxylation sites is 2. The van der Waals surface area contributed by atoms with Gasteiger partial charge < -0.3 is 0 Å². The number of urea groups is 1. The maximum Gasteiger partial charge on any atom is 0.343 e. The van der Waals surface area contributed by atoms with E-state index in [1.54, 1.807) is 84.9 Å². The largest absolute Gasteiger partial charge is 0.343 e. The first-order valence-electron chi connectivity index (χ1n) is 11.5. The highest BCUT2D eigenvalue weighted by Crippen LogP contribution is 2.30. The molecule has 1 heterocycles.